The fourth-order valence-corrected chi connectivity index (χ4v) is 3.36. The van der Waals surface area contributed by atoms with Crippen LogP contribution in [-0.4, -0.2) is 21.4 Å². The van der Waals surface area contributed by atoms with E-state index in [0.717, 1.165) is 30.8 Å². The third kappa shape index (κ3) is 3.15. The highest BCUT2D eigenvalue weighted by molar-refractivity contribution is 5.47. The molecule has 1 N–H and O–H groups in total. The summed E-state index contributed by atoms with van der Waals surface area (Å²) in [5, 5.41) is 0. The van der Waals surface area contributed by atoms with Crippen molar-refractivity contribution in [1.29, 1.82) is 0 Å². The van der Waals surface area contributed by atoms with Crippen molar-refractivity contribution in [3.05, 3.63) is 74.9 Å². The van der Waals surface area contributed by atoms with Crippen molar-refractivity contribution in [1.82, 2.24) is 14.9 Å². The number of hydrogen-bond donors (Lipinski definition) is 1. The van der Waals surface area contributed by atoms with Gasteiger partial charge in [-0.3, -0.25) is 9.69 Å². The molecule has 5 heteroatoms. The van der Waals surface area contributed by atoms with Crippen LogP contribution < -0.4 is 5.56 Å². The van der Waals surface area contributed by atoms with Gasteiger partial charge in [0.1, 0.15) is 0 Å². The van der Waals surface area contributed by atoms with Gasteiger partial charge in [-0.25, -0.2) is 4.98 Å². The zero-order valence-electron chi connectivity index (χ0n) is 14.5. The molecule has 4 rings (SSSR count). The number of rotatable bonds is 3. The van der Waals surface area contributed by atoms with E-state index in [0.29, 0.717) is 18.1 Å². The van der Waals surface area contributed by atoms with Crippen LogP contribution in [0.1, 0.15) is 27.9 Å². The van der Waals surface area contributed by atoms with Gasteiger partial charge in [-0.15, -0.1) is 0 Å². The molecule has 0 unspecified atom stereocenters. The Morgan fingerprint density at radius 1 is 1.28 bits per heavy atom. The Bertz CT molecular complexity index is 958. The summed E-state index contributed by atoms with van der Waals surface area (Å²) in [5.74, 6) is 1.11. The van der Waals surface area contributed by atoms with Crippen molar-refractivity contribution in [2.75, 3.05) is 6.54 Å². The minimum atomic E-state index is -0.0675. The Morgan fingerprint density at radius 2 is 2.16 bits per heavy atom. The summed E-state index contributed by atoms with van der Waals surface area (Å²) < 4.78 is 5.35. The molecular weight excluding hydrogens is 314 g/mol. The van der Waals surface area contributed by atoms with Crippen LogP contribution in [0.3, 0.4) is 0 Å². The lowest BCUT2D eigenvalue weighted by Crippen LogP contribution is -2.35. The summed E-state index contributed by atoms with van der Waals surface area (Å²) in [7, 11) is 0. The van der Waals surface area contributed by atoms with Crippen molar-refractivity contribution < 1.29 is 4.42 Å². The minimum absolute atomic E-state index is 0.0675. The monoisotopic (exact) mass is 335 g/mol. The molecule has 1 aromatic carbocycles. The topological polar surface area (TPSA) is 62.1 Å². The van der Waals surface area contributed by atoms with E-state index in [9.17, 15) is 4.79 Å². The third-order valence-electron chi connectivity index (χ3n) is 4.80. The van der Waals surface area contributed by atoms with E-state index in [1.54, 1.807) is 18.4 Å². The maximum Gasteiger partial charge on any atom is 0.256 e. The standard InChI is InChI=1S/C20H21N3O2/c1-13-5-6-14(2)15(10-13)11-23-8-7-17-16(12-23)20(24)22-19(21-17)18-4-3-9-25-18/h3-6,9-10H,7-8,11-12H2,1-2H3,(H,21,22,24). The molecule has 128 valence electrons. The molecule has 0 bridgehead atoms. The van der Waals surface area contributed by atoms with Gasteiger partial charge < -0.3 is 9.40 Å². The van der Waals surface area contributed by atoms with E-state index < -0.39 is 0 Å². The van der Waals surface area contributed by atoms with Crippen molar-refractivity contribution in [2.45, 2.75) is 33.4 Å². The predicted molar refractivity (Wildman–Crippen MR) is 96.3 cm³/mol. The number of aromatic nitrogens is 2. The number of aromatic amines is 1. The maximum atomic E-state index is 12.5. The number of furan rings is 1. The summed E-state index contributed by atoms with van der Waals surface area (Å²) in [6.07, 6.45) is 2.36. The lowest BCUT2D eigenvalue weighted by molar-refractivity contribution is 0.241. The highest BCUT2D eigenvalue weighted by Gasteiger charge is 2.22. The molecular formula is C20H21N3O2. The Morgan fingerprint density at radius 3 is 2.96 bits per heavy atom. The molecule has 1 aliphatic rings. The highest BCUT2D eigenvalue weighted by atomic mass is 16.3. The lowest BCUT2D eigenvalue weighted by Gasteiger charge is -2.28. The quantitative estimate of drug-likeness (QED) is 0.798. The average molecular weight is 335 g/mol. The fourth-order valence-electron chi connectivity index (χ4n) is 3.36. The Kier molecular flexibility index (Phi) is 4.01. The van der Waals surface area contributed by atoms with Gasteiger partial charge in [0.25, 0.3) is 5.56 Å². The molecule has 0 saturated carbocycles. The number of nitrogens with zero attached hydrogens (tertiary/aromatic N) is 2. The normalized spacial score (nSPS) is 14.5. The first kappa shape index (κ1) is 15.8. The molecule has 0 spiro atoms. The zero-order valence-corrected chi connectivity index (χ0v) is 14.5. The Labute approximate surface area is 146 Å². The summed E-state index contributed by atoms with van der Waals surface area (Å²) >= 11 is 0. The van der Waals surface area contributed by atoms with Gasteiger partial charge in [0.2, 0.25) is 0 Å². The molecule has 5 nitrogen and oxygen atoms in total. The second-order valence-corrected chi connectivity index (χ2v) is 6.71. The van der Waals surface area contributed by atoms with Gasteiger partial charge in [-0.1, -0.05) is 23.8 Å². The highest BCUT2D eigenvalue weighted by Crippen LogP contribution is 2.21. The molecule has 25 heavy (non-hydrogen) atoms. The molecule has 3 heterocycles. The molecule has 0 aliphatic carbocycles. The van der Waals surface area contributed by atoms with Crippen LogP contribution in [0.5, 0.6) is 0 Å². The molecule has 0 fully saturated rings. The summed E-state index contributed by atoms with van der Waals surface area (Å²) in [6, 6.07) is 10.1. The van der Waals surface area contributed by atoms with E-state index in [2.05, 4.69) is 46.9 Å². The fraction of sp³-hybridized carbons (Fsp3) is 0.300. The largest absolute Gasteiger partial charge is 0.461 e. The van der Waals surface area contributed by atoms with Crippen LogP contribution in [-0.2, 0) is 19.5 Å². The average Bonchev–Trinajstić information content (AvgIpc) is 3.13. The smallest absolute Gasteiger partial charge is 0.256 e. The van der Waals surface area contributed by atoms with Crippen molar-refractivity contribution in [3.8, 4) is 11.6 Å². The molecule has 0 amide bonds. The van der Waals surface area contributed by atoms with E-state index in [1.165, 1.54) is 16.7 Å². The van der Waals surface area contributed by atoms with Gasteiger partial charge in [0.15, 0.2) is 11.6 Å². The van der Waals surface area contributed by atoms with Crippen molar-refractivity contribution >= 4 is 0 Å². The first-order valence-corrected chi connectivity index (χ1v) is 8.54. The second kappa shape index (κ2) is 6.33. The minimum Gasteiger partial charge on any atom is -0.461 e. The van der Waals surface area contributed by atoms with Gasteiger partial charge in [-0.2, -0.15) is 0 Å². The number of H-pyrrole nitrogens is 1. The zero-order chi connectivity index (χ0) is 17.4. The van der Waals surface area contributed by atoms with Crippen LogP contribution in [0.4, 0.5) is 0 Å². The van der Waals surface area contributed by atoms with Gasteiger partial charge in [0, 0.05) is 26.1 Å². The first-order valence-electron chi connectivity index (χ1n) is 8.54. The predicted octanol–water partition coefficient (Wildman–Crippen LogP) is 3.21. The number of nitrogens with one attached hydrogen (secondary N) is 1. The molecule has 3 aromatic rings. The third-order valence-corrected chi connectivity index (χ3v) is 4.80. The Hall–Kier alpha value is -2.66. The van der Waals surface area contributed by atoms with Gasteiger partial charge in [-0.05, 0) is 37.1 Å². The lowest BCUT2D eigenvalue weighted by atomic mass is 10.0. The van der Waals surface area contributed by atoms with Crippen LogP contribution in [0.2, 0.25) is 0 Å². The van der Waals surface area contributed by atoms with E-state index in [4.69, 9.17) is 4.42 Å². The van der Waals surface area contributed by atoms with E-state index in [1.807, 2.05) is 0 Å². The summed E-state index contributed by atoms with van der Waals surface area (Å²) in [6.45, 7) is 6.63. The number of benzene rings is 1. The SMILES string of the molecule is Cc1ccc(C)c(CN2CCc3nc(-c4ccco4)[nH]c(=O)c3C2)c1. The van der Waals surface area contributed by atoms with Crippen LogP contribution in [0.15, 0.2) is 45.8 Å². The van der Waals surface area contributed by atoms with Gasteiger partial charge in [0.05, 0.1) is 17.5 Å². The molecule has 0 atom stereocenters. The Balaban J connectivity index is 1.59. The number of fused-ring (bicyclic) bond motifs is 1. The van der Waals surface area contributed by atoms with Crippen molar-refractivity contribution in [3.63, 3.8) is 0 Å². The maximum absolute atomic E-state index is 12.5. The molecule has 2 aromatic heterocycles. The van der Waals surface area contributed by atoms with E-state index in [-0.39, 0.29) is 5.56 Å². The summed E-state index contributed by atoms with van der Waals surface area (Å²) in [4.78, 5) is 22.3. The van der Waals surface area contributed by atoms with Crippen molar-refractivity contribution in [2.24, 2.45) is 0 Å². The molecule has 0 saturated heterocycles. The van der Waals surface area contributed by atoms with Gasteiger partial charge >= 0.3 is 0 Å². The summed E-state index contributed by atoms with van der Waals surface area (Å²) in [5.41, 5.74) is 5.46. The molecule has 1 aliphatic heterocycles. The van der Waals surface area contributed by atoms with E-state index >= 15 is 0 Å². The van der Waals surface area contributed by atoms with Crippen LogP contribution >= 0.6 is 0 Å². The molecule has 0 radical (unpaired) electrons. The number of hydrogen-bond acceptors (Lipinski definition) is 4. The first-order chi connectivity index (χ1) is 12.1. The van der Waals surface area contributed by atoms with Crippen LogP contribution in [0, 0.1) is 13.8 Å². The second-order valence-electron chi connectivity index (χ2n) is 6.71. The number of aryl methyl sites for hydroxylation is 2. The van der Waals surface area contributed by atoms with Crippen LogP contribution in [0.25, 0.3) is 11.6 Å².